The van der Waals surface area contributed by atoms with Gasteiger partial charge >= 0.3 is 0 Å². The third-order valence-electron chi connectivity index (χ3n) is 2.86. The van der Waals surface area contributed by atoms with Gasteiger partial charge < -0.3 is 10.1 Å². The zero-order valence-corrected chi connectivity index (χ0v) is 13.6. The quantitative estimate of drug-likeness (QED) is 0.505. The van der Waals surface area contributed by atoms with Gasteiger partial charge in [0.1, 0.15) is 5.75 Å². The van der Waals surface area contributed by atoms with Gasteiger partial charge in [0.05, 0.1) is 13.3 Å². The highest BCUT2D eigenvalue weighted by Gasteiger charge is 1.97. The maximum absolute atomic E-state index is 5.17. The summed E-state index contributed by atoms with van der Waals surface area (Å²) >= 11 is 6.82. The van der Waals surface area contributed by atoms with Crippen LogP contribution in [0.4, 0.5) is 0 Å². The highest BCUT2D eigenvalue weighted by atomic mass is 32.1. The van der Waals surface area contributed by atoms with E-state index in [0.717, 1.165) is 16.2 Å². The lowest BCUT2D eigenvalue weighted by Crippen LogP contribution is -2.31. The minimum Gasteiger partial charge on any atom is -0.497 e. The second kappa shape index (κ2) is 7.75. The molecule has 110 valence electrons. The average Bonchev–Trinajstić information content (AvgIpc) is 2.91. The third-order valence-corrected chi connectivity index (χ3v) is 4.05. The van der Waals surface area contributed by atoms with Crippen molar-refractivity contribution in [3.05, 3.63) is 51.7 Å². The van der Waals surface area contributed by atoms with E-state index in [9.17, 15) is 0 Å². The predicted octanol–water partition coefficient (Wildman–Crippen LogP) is 3.06. The Morgan fingerprint density at radius 1 is 1.33 bits per heavy atom. The summed E-state index contributed by atoms with van der Waals surface area (Å²) in [4.78, 5) is 1.13. The molecule has 2 aromatic rings. The molecule has 0 aliphatic rings. The van der Waals surface area contributed by atoms with Gasteiger partial charge in [-0.1, -0.05) is 12.1 Å². The van der Waals surface area contributed by atoms with E-state index >= 15 is 0 Å². The molecule has 0 fully saturated rings. The summed E-state index contributed by atoms with van der Waals surface area (Å²) in [6.07, 6.45) is 1.78. The van der Waals surface area contributed by atoms with Gasteiger partial charge in [-0.2, -0.15) is 5.10 Å². The molecule has 0 amide bonds. The second-order valence-electron chi connectivity index (χ2n) is 4.37. The predicted molar refractivity (Wildman–Crippen MR) is 92.2 cm³/mol. The lowest BCUT2D eigenvalue weighted by atomic mass is 10.2. The number of hydrogen-bond donors (Lipinski definition) is 2. The fraction of sp³-hybridized carbons (Fsp3) is 0.200. The smallest absolute Gasteiger partial charge is 0.187 e. The van der Waals surface area contributed by atoms with Gasteiger partial charge in [-0.05, 0) is 53.8 Å². The molecule has 0 bridgehead atoms. The van der Waals surface area contributed by atoms with Gasteiger partial charge in [0.2, 0.25) is 0 Å². The van der Waals surface area contributed by atoms with Crippen LogP contribution in [0, 0.1) is 6.92 Å². The van der Waals surface area contributed by atoms with Crippen molar-refractivity contribution in [1.29, 1.82) is 0 Å². The first-order valence-corrected chi connectivity index (χ1v) is 7.72. The van der Waals surface area contributed by atoms with Crippen molar-refractivity contribution >= 4 is 34.9 Å². The zero-order valence-electron chi connectivity index (χ0n) is 11.9. The lowest BCUT2D eigenvalue weighted by Gasteiger charge is -2.07. The summed E-state index contributed by atoms with van der Waals surface area (Å²) in [5, 5.41) is 9.76. The molecule has 1 aromatic heterocycles. The van der Waals surface area contributed by atoms with Crippen molar-refractivity contribution < 1.29 is 4.74 Å². The molecule has 1 aromatic carbocycles. The number of rotatable bonds is 5. The van der Waals surface area contributed by atoms with E-state index in [0.29, 0.717) is 11.7 Å². The Balaban J connectivity index is 1.76. The van der Waals surface area contributed by atoms with E-state index in [2.05, 4.69) is 28.8 Å². The number of hydrazone groups is 1. The van der Waals surface area contributed by atoms with Crippen molar-refractivity contribution in [1.82, 2.24) is 10.7 Å². The highest BCUT2D eigenvalue weighted by molar-refractivity contribution is 7.80. The van der Waals surface area contributed by atoms with Gasteiger partial charge in [-0.15, -0.1) is 11.3 Å². The van der Waals surface area contributed by atoms with E-state index in [1.54, 1.807) is 24.7 Å². The minimum absolute atomic E-state index is 0.497. The average molecular weight is 319 g/mol. The summed E-state index contributed by atoms with van der Waals surface area (Å²) in [6.45, 7) is 2.70. The topological polar surface area (TPSA) is 45.6 Å². The Bertz CT molecular complexity index is 620. The molecule has 2 rings (SSSR count). The summed E-state index contributed by atoms with van der Waals surface area (Å²) in [6, 6.07) is 9.89. The summed E-state index contributed by atoms with van der Waals surface area (Å²) < 4.78 is 5.12. The Labute approximate surface area is 133 Å². The minimum atomic E-state index is 0.497. The molecule has 0 aliphatic heterocycles. The van der Waals surface area contributed by atoms with Gasteiger partial charge in [0.25, 0.3) is 0 Å². The van der Waals surface area contributed by atoms with E-state index in [1.165, 1.54) is 5.56 Å². The molecule has 0 saturated carbocycles. The summed E-state index contributed by atoms with van der Waals surface area (Å²) in [5.74, 6) is 0.843. The molecule has 21 heavy (non-hydrogen) atoms. The number of ether oxygens (including phenoxy) is 1. The molecule has 0 atom stereocenters. The first-order chi connectivity index (χ1) is 10.2. The Morgan fingerprint density at radius 2 is 2.10 bits per heavy atom. The zero-order chi connectivity index (χ0) is 15.1. The maximum atomic E-state index is 5.17. The van der Waals surface area contributed by atoms with Gasteiger partial charge in [0, 0.05) is 11.4 Å². The SMILES string of the molecule is COc1ccc(CNC(=S)N/N=C\c2sccc2C)cc1. The van der Waals surface area contributed by atoms with Crippen LogP contribution in [-0.4, -0.2) is 18.4 Å². The van der Waals surface area contributed by atoms with Crippen molar-refractivity contribution in [2.45, 2.75) is 13.5 Å². The van der Waals surface area contributed by atoms with Crippen LogP contribution >= 0.6 is 23.6 Å². The number of nitrogens with zero attached hydrogens (tertiary/aromatic N) is 1. The number of methoxy groups -OCH3 is 1. The van der Waals surface area contributed by atoms with E-state index < -0.39 is 0 Å². The molecular formula is C15H17N3OS2. The number of nitrogens with one attached hydrogen (secondary N) is 2. The third kappa shape index (κ3) is 4.84. The Kier molecular flexibility index (Phi) is 5.71. The standard InChI is InChI=1S/C15H17N3OS2/c1-11-7-8-21-14(11)10-17-18-15(20)16-9-12-3-5-13(19-2)6-4-12/h3-8,10H,9H2,1-2H3,(H2,16,18,20)/b17-10-. The van der Waals surface area contributed by atoms with Gasteiger partial charge in [-0.25, -0.2) is 0 Å². The molecule has 0 unspecified atom stereocenters. The monoisotopic (exact) mass is 319 g/mol. The molecule has 4 nitrogen and oxygen atoms in total. The van der Waals surface area contributed by atoms with Crippen LogP contribution in [-0.2, 0) is 6.54 Å². The summed E-state index contributed by atoms with van der Waals surface area (Å²) in [5.41, 5.74) is 5.15. The van der Waals surface area contributed by atoms with Crippen LogP contribution in [0.15, 0.2) is 40.8 Å². The number of benzene rings is 1. The highest BCUT2D eigenvalue weighted by Crippen LogP contribution is 2.12. The van der Waals surface area contributed by atoms with Crippen LogP contribution in [0.25, 0.3) is 0 Å². The molecule has 0 aliphatic carbocycles. The van der Waals surface area contributed by atoms with E-state index in [-0.39, 0.29) is 0 Å². The fourth-order valence-corrected chi connectivity index (χ4v) is 2.54. The van der Waals surface area contributed by atoms with Crippen molar-refractivity contribution in [2.75, 3.05) is 7.11 Å². The first-order valence-electron chi connectivity index (χ1n) is 6.43. The Morgan fingerprint density at radius 3 is 2.71 bits per heavy atom. The molecule has 6 heteroatoms. The fourth-order valence-electron chi connectivity index (χ4n) is 1.63. The van der Waals surface area contributed by atoms with Crippen LogP contribution < -0.4 is 15.5 Å². The van der Waals surface area contributed by atoms with Crippen LogP contribution in [0.2, 0.25) is 0 Å². The largest absolute Gasteiger partial charge is 0.497 e. The number of hydrogen-bond acceptors (Lipinski definition) is 4. The summed E-state index contributed by atoms with van der Waals surface area (Å²) in [7, 11) is 1.65. The van der Waals surface area contributed by atoms with E-state index in [4.69, 9.17) is 17.0 Å². The van der Waals surface area contributed by atoms with Crippen molar-refractivity contribution in [3.8, 4) is 5.75 Å². The first kappa shape index (κ1) is 15.5. The molecule has 1 heterocycles. The molecule has 0 saturated heterocycles. The second-order valence-corrected chi connectivity index (χ2v) is 5.72. The molecule has 2 N–H and O–H groups in total. The van der Waals surface area contributed by atoms with Gasteiger partial charge in [-0.3, -0.25) is 5.43 Å². The van der Waals surface area contributed by atoms with Crippen molar-refractivity contribution in [3.63, 3.8) is 0 Å². The van der Waals surface area contributed by atoms with Crippen LogP contribution in [0.1, 0.15) is 16.0 Å². The molecule has 0 spiro atoms. The molecular weight excluding hydrogens is 302 g/mol. The maximum Gasteiger partial charge on any atom is 0.187 e. The number of aryl methyl sites for hydroxylation is 1. The normalized spacial score (nSPS) is 10.6. The van der Waals surface area contributed by atoms with Gasteiger partial charge in [0.15, 0.2) is 5.11 Å². The number of thiophene rings is 1. The number of thiocarbonyl (C=S) groups is 1. The van der Waals surface area contributed by atoms with E-state index in [1.807, 2.05) is 29.6 Å². The van der Waals surface area contributed by atoms with Crippen molar-refractivity contribution in [2.24, 2.45) is 5.10 Å². The van der Waals surface area contributed by atoms with Crippen LogP contribution in [0.3, 0.4) is 0 Å². The lowest BCUT2D eigenvalue weighted by molar-refractivity contribution is 0.414. The molecule has 0 radical (unpaired) electrons. The Hall–Kier alpha value is -1.92. The van der Waals surface area contributed by atoms with Crippen LogP contribution in [0.5, 0.6) is 5.75 Å².